The van der Waals surface area contributed by atoms with Gasteiger partial charge < -0.3 is 14.7 Å². The van der Waals surface area contributed by atoms with Gasteiger partial charge in [-0.15, -0.1) is 0 Å². The monoisotopic (exact) mass is 298 g/mol. The average Bonchev–Trinajstić information content (AvgIpc) is 2.85. The Kier molecular flexibility index (Phi) is 4.25. The van der Waals surface area contributed by atoms with Crippen LogP contribution in [0.2, 0.25) is 0 Å². The predicted octanol–water partition coefficient (Wildman–Crippen LogP) is 2.04. The number of hydrogen-bond acceptors (Lipinski definition) is 5. The fraction of sp³-hybridized carbons (Fsp3) is 0.462. The summed E-state index contributed by atoms with van der Waals surface area (Å²) in [5.74, 6) is -1.84. The molecule has 21 heavy (non-hydrogen) atoms. The predicted molar refractivity (Wildman–Crippen MR) is 72.2 cm³/mol. The summed E-state index contributed by atoms with van der Waals surface area (Å²) in [6, 6.07) is 2.12. The van der Waals surface area contributed by atoms with Crippen LogP contribution < -0.4 is 9.64 Å². The average molecular weight is 298 g/mol. The van der Waals surface area contributed by atoms with Gasteiger partial charge >= 0.3 is 5.97 Å². The van der Waals surface area contributed by atoms with E-state index in [9.17, 15) is 19.3 Å². The van der Waals surface area contributed by atoms with Gasteiger partial charge in [0.2, 0.25) is 0 Å². The van der Waals surface area contributed by atoms with Crippen LogP contribution >= 0.6 is 0 Å². The standard InChI is InChI=1S/C13H15FN2O5/c1-21-12-6-10(11(16(19)20)5-9(12)14)15-3-2-8(7-15)4-13(17)18/h5-6,8H,2-4,7H2,1H3,(H,17,18). The summed E-state index contributed by atoms with van der Waals surface area (Å²) < 4.78 is 18.5. The summed E-state index contributed by atoms with van der Waals surface area (Å²) in [5.41, 5.74) is -0.0876. The van der Waals surface area contributed by atoms with E-state index >= 15 is 0 Å². The van der Waals surface area contributed by atoms with Crippen molar-refractivity contribution in [2.45, 2.75) is 12.8 Å². The second-order valence-corrected chi connectivity index (χ2v) is 4.93. The fourth-order valence-corrected chi connectivity index (χ4v) is 2.55. The van der Waals surface area contributed by atoms with Crippen molar-refractivity contribution in [3.05, 3.63) is 28.1 Å². The van der Waals surface area contributed by atoms with Gasteiger partial charge in [-0.1, -0.05) is 0 Å². The first kappa shape index (κ1) is 15.0. The van der Waals surface area contributed by atoms with Gasteiger partial charge in [0.1, 0.15) is 5.69 Å². The lowest BCUT2D eigenvalue weighted by Crippen LogP contribution is -2.21. The summed E-state index contributed by atoms with van der Waals surface area (Å²) in [5, 5.41) is 19.9. The minimum Gasteiger partial charge on any atom is -0.494 e. The number of ether oxygens (including phenoxy) is 1. The second-order valence-electron chi connectivity index (χ2n) is 4.93. The molecule has 1 unspecified atom stereocenters. The number of halogens is 1. The van der Waals surface area contributed by atoms with Crippen LogP contribution in [0, 0.1) is 21.8 Å². The Bertz CT molecular complexity index is 578. The smallest absolute Gasteiger partial charge is 0.303 e. The molecule has 0 spiro atoms. The first-order valence-corrected chi connectivity index (χ1v) is 6.41. The second kappa shape index (κ2) is 5.94. The normalized spacial score (nSPS) is 17.8. The highest BCUT2D eigenvalue weighted by Gasteiger charge is 2.30. The zero-order valence-corrected chi connectivity index (χ0v) is 11.4. The number of nitro benzene ring substituents is 1. The van der Waals surface area contributed by atoms with Crippen molar-refractivity contribution in [2.24, 2.45) is 5.92 Å². The number of hydrogen-bond donors (Lipinski definition) is 1. The number of aliphatic carboxylic acids is 1. The SMILES string of the molecule is COc1cc(N2CCC(CC(=O)O)C2)c([N+](=O)[O-])cc1F. The summed E-state index contributed by atoms with van der Waals surface area (Å²) in [4.78, 5) is 22.8. The van der Waals surface area contributed by atoms with Gasteiger partial charge in [0.05, 0.1) is 18.1 Å². The lowest BCUT2D eigenvalue weighted by Gasteiger charge is -2.19. The molecule has 0 amide bonds. The number of benzene rings is 1. The first-order chi connectivity index (χ1) is 9.92. The number of carbonyl (C=O) groups is 1. The van der Waals surface area contributed by atoms with Crippen LogP contribution in [-0.2, 0) is 4.79 Å². The zero-order chi connectivity index (χ0) is 15.6. The van der Waals surface area contributed by atoms with Crippen LogP contribution in [-0.4, -0.2) is 36.2 Å². The van der Waals surface area contributed by atoms with Gasteiger partial charge in [0.25, 0.3) is 5.69 Å². The van der Waals surface area contributed by atoms with Crippen LogP contribution in [0.3, 0.4) is 0 Å². The van der Waals surface area contributed by atoms with E-state index < -0.39 is 16.7 Å². The minimum atomic E-state index is -0.895. The van der Waals surface area contributed by atoms with Gasteiger partial charge in [-0.2, -0.15) is 0 Å². The zero-order valence-electron chi connectivity index (χ0n) is 11.4. The molecule has 114 valence electrons. The molecule has 1 aromatic carbocycles. The molecule has 0 bridgehead atoms. The molecule has 1 N–H and O–H groups in total. The molecule has 1 aliphatic heterocycles. The third kappa shape index (κ3) is 3.21. The topological polar surface area (TPSA) is 92.9 Å². The molecule has 1 aromatic rings. The maximum atomic E-state index is 13.6. The van der Waals surface area contributed by atoms with Gasteiger partial charge in [-0.05, 0) is 12.3 Å². The van der Waals surface area contributed by atoms with Crippen molar-refractivity contribution in [3.63, 3.8) is 0 Å². The molecule has 1 aliphatic rings. The van der Waals surface area contributed by atoms with Crippen LogP contribution in [0.4, 0.5) is 15.8 Å². The summed E-state index contributed by atoms with van der Waals surface area (Å²) in [6.45, 7) is 0.884. The highest BCUT2D eigenvalue weighted by molar-refractivity contribution is 5.69. The molecule has 0 saturated carbocycles. The van der Waals surface area contributed by atoms with Crippen LogP contribution in [0.15, 0.2) is 12.1 Å². The lowest BCUT2D eigenvalue weighted by molar-refractivity contribution is -0.384. The van der Waals surface area contributed by atoms with Gasteiger partial charge in [0.15, 0.2) is 11.6 Å². The molecule has 1 saturated heterocycles. The Balaban J connectivity index is 2.30. The van der Waals surface area contributed by atoms with Crippen molar-refractivity contribution >= 4 is 17.3 Å². The highest BCUT2D eigenvalue weighted by atomic mass is 19.1. The molecule has 1 fully saturated rings. The highest BCUT2D eigenvalue weighted by Crippen LogP contribution is 2.37. The number of nitro groups is 1. The van der Waals surface area contributed by atoms with E-state index in [1.807, 2.05) is 0 Å². The van der Waals surface area contributed by atoms with Crippen LogP contribution in [0.5, 0.6) is 5.75 Å². The van der Waals surface area contributed by atoms with Crippen molar-refractivity contribution in [2.75, 3.05) is 25.1 Å². The largest absolute Gasteiger partial charge is 0.494 e. The molecule has 0 radical (unpaired) electrons. The number of carboxylic acids is 1. The Hall–Kier alpha value is -2.38. The Morgan fingerprint density at radius 3 is 2.90 bits per heavy atom. The lowest BCUT2D eigenvalue weighted by atomic mass is 10.1. The Morgan fingerprint density at radius 1 is 1.62 bits per heavy atom. The molecular formula is C13H15FN2O5. The van der Waals surface area contributed by atoms with Crippen LogP contribution in [0.1, 0.15) is 12.8 Å². The van der Waals surface area contributed by atoms with E-state index in [1.165, 1.54) is 13.2 Å². The first-order valence-electron chi connectivity index (χ1n) is 6.41. The number of methoxy groups -OCH3 is 1. The van der Waals surface area contributed by atoms with Gasteiger partial charge in [0, 0.05) is 25.6 Å². The quantitative estimate of drug-likeness (QED) is 0.660. The molecule has 0 aromatic heterocycles. The molecule has 7 nitrogen and oxygen atoms in total. The Morgan fingerprint density at radius 2 is 2.33 bits per heavy atom. The molecule has 2 rings (SSSR count). The third-order valence-electron chi connectivity index (χ3n) is 3.54. The van der Waals surface area contributed by atoms with Crippen molar-refractivity contribution in [3.8, 4) is 5.75 Å². The number of nitrogens with zero attached hydrogens (tertiary/aromatic N) is 2. The van der Waals surface area contributed by atoms with E-state index in [-0.39, 0.29) is 29.5 Å². The van der Waals surface area contributed by atoms with Crippen molar-refractivity contribution in [1.82, 2.24) is 0 Å². The summed E-state index contributed by atoms with van der Waals surface area (Å²) in [7, 11) is 1.28. The van der Waals surface area contributed by atoms with E-state index in [2.05, 4.69) is 0 Å². The van der Waals surface area contributed by atoms with E-state index in [1.54, 1.807) is 4.90 Å². The van der Waals surface area contributed by atoms with E-state index in [4.69, 9.17) is 9.84 Å². The number of carboxylic acid groups (broad SMARTS) is 1. The minimum absolute atomic E-state index is 0.0165. The molecular weight excluding hydrogens is 283 g/mol. The number of anilines is 1. The molecule has 1 atom stereocenters. The molecule has 8 heteroatoms. The number of rotatable bonds is 5. The summed E-state index contributed by atoms with van der Waals surface area (Å²) >= 11 is 0. The third-order valence-corrected chi connectivity index (χ3v) is 3.54. The Labute approximate surface area is 120 Å². The van der Waals surface area contributed by atoms with E-state index in [0.29, 0.717) is 19.5 Å². The van der Waals surface area contributed by atoms with E-state index in [0.717, 1.165) is 6.07 Å². The maximum absolute atomic E-state index is 13.6. The van der Waals surface area contributed by atoms with Crippen molar-refractivity contribution < 1.29 is 24.0 Å². The van der Waals surface area contributed by atoms with Gasteiger partial charge in [-0.25, -0.2) is 4.39 Å². The molecule has 1 heterocycles. The molecule has 0 aliphatic carbocycles. The van der Waals surface area contributed by atoms with Crippen LogP contribution in [0.25, 0.3) is 0 Å². The summed E-state index contributed by atoms with van der Waals surface area (Å²) in [6.07, 6.45) is 0.645. The fourth-order valence-electron chi connectivity index (χ4n) is 2.55. The van der Waals surface area contributed by atoms with Crippen molar-refractivity contribution in [1.29, 1.82) is 0 Å². The maximum Gasteiger partial charge on any atom is 0.303 e. The van der Waals surface area contributed by atoms with Gasteiger partial charge in [-0.3, -0.25) is 14.9 Å².